The molecule has 0 saturated carbocycles. The highest BCUT2D eigenvalue weighted by Crippen LogP contribution is 2.25. The lowest BCUT2D eigenvalue weighted by Gasteiger charge is -2.36. The van der Waals surface area contributed by atoms with Gasteiger partial charge in [0, 0.05) is 27.2 Å². The zero-order valence-electron chi connectivity index (χ0n) is 16.4. The van der Waals surface area contributed by atoms with E-state index in [-0.39, 0.29) is 12.2 Å². The van der Waals surface area contributed by atoms with E-state index in [0.29, 0.717) is 13.2 Å². The van der Waals surface area contributed by atoms with Crippen molar-refractivity contribution in [3.05, 3.63) is 71.3 Å². The molecular formula is C22H29N3O2. The van der Waals surface area contributed by atoms with Gasteiger partial charge in [-0.05, 0) is 23.6 Å². The maximum absolute atomic E-state index is 6.04. The van der Waals surface area contributed by atoms with Crippen LogP contribution in [0.15, 0.2) is 59.6 Å². The first-order chi connectivity index (χ1) is 13.2. The summed E-state index contributed by atoms with van der Waals surface area (Å²) >= 11 is 0. The summed E-state index contributed by atoms with van der Waals surface area (Å²) in [7, 11) is 3.57. The molecule has 0 aliphatic carbocycles. The van der Waals surface area contributed by atoms with Crippen LogP contribution >= 0.6 is 0 Å². The van der Waals surface area contributed by atoms with Crippen LogP contribution in [0.25, 0.3) is 0 Å². The fraction of sp³-hybridized carbons (Fsp3) is 0.409. The molecule has 3 rings (SSSR count). The van der Waals surface area contributed by atoms with Crippen LogP contribution in [-0.4, -0.2) is 51.3 Å². The van der Waals surface area contributed by atoms with Crippen molar-refractivity contribution < 1.29 is 9.47 Å². The molecule has 0 spiro atoms. The third kappa shape index (κ3) is 4.87. The van der Waals surface area contributed by atoms with Crippen LogP contribution in [0.4, 0.5) is 0 Å². The highest BCUT2D eigenvalue weighted by molar-refractivity contribution is 5.80. The average Bonchev–Trinajstić information content (AvgIpc) is 2.72. The van der Waals surface area contributed by atoms with Crippen LogP contribution in [-0.2, 0) is 9.47 Å². The molecule has 0 bridgehead atoms. The summed E-state index contributed by atoms with van der Waals surface area (Å²) in [5.41, 5.74) is 3.66. The van der Waals surface area contributed by atoms with Crippen LogP contribution in [0.5, 0.6) is 0 Å². The van der Waals surface area contributed by atoms with E-state index in [1.54, 1.807) is 7.11 Å². The topological polar surface area (TPSA) is 46.1 Å². The molecule has 0 aromatic heterocycles. The summed E-state index contributed by atoms with van der Waals surface area (Å²) in [6.45, 7) is 5.10. The van der Waals surface area contributed by atoms with Crippen LogP contribution in [0.1, 0.15) is 28.9 Å². The first-order valence-electron chi connectivity index (χ1n) is 9.43. The van der Waals surface area contributed by atoms with E-state index in [9.17, 15) is 0 Å². The fourth-order valence-electron chi connectivity index (χ4n) is 3.50. The Balaban J connectivity index is 1.64. The Labute approximate surface area is 162 Å². The zero-order valence-corrected chi connectivity index (χ0v) is 16.4. The Kier molecular flexibility index (Phi) is 6.85. The highest BCUT2D eigenvalue weighted by Gasteiger charge is 2.25. The minimum atomic E-state index is -0.0174. The van der Waals surface area contributed by atoms with Crippen molar-refractivity contribution in [1.29, 1.82) is 0 Å². The number of methoxy groups -OCH3 is 1. The Morgan fingerprint density at radius 3 is 2.67 bits per heavy atom. The summed E-state index contributed by atoms with van der Waals surface area (Å²) < 4.78 is 11.7. The van der Waals surface area contributed by atoms with Gasteiger partial charge in [0.25, 0.3) is 0 Å². The maximum Gasteiger partial charge on any atom is 0.193 e. The van der Waals surface area contributed by atoms with Crippen molar-refractivity contribution in [2.75, 3.05) is 40.4 Å². The number of benzene rings is 2. The second-order valence-electron chi connectivity index (χ2n) is 6.73. The third-order valence-electron chi connectivity index (χ3n) is 5.01. The minimum absolute atomic E-state index is 0.0174. The van der Waals surface area contributed by atoms with Gasteiger partial charge in [-0.25, -0.2) is 0 Å². The molecule has 2 unspecified atom stereocenters. The molecule has 144 valence electrons. The number of ether oxygens (including phenoxy) is 2. The molecule has 5 heteroatoms. The molecule has 1 aliphatic rings. The number of hydrogen-bond acceptors (Lipinski definition) is 3. The number of aryl methyl sites for hydroxylation is 1. The lowest BCUT2D eigenvalue weighted by atomic mass is 10.0. The van der Waals surface area contributed by atoms with Gasteiger partial charge < -0.3 is 19.7 Å². The van der Waals surface area contributed by atoms with E-state index < -0.39 is 0 Å². The summed E-state index contributed by atoms with van der Waals surface area (Å²) in [4.78, 5) is 6.74. The predicted octanol–water partition coefficient (Wildman–Crippen LogP) is 3.33. The van der Waals surface area contributed by atoms with Gasteiger partial charge in [0.1, 0.15) is 6.10 Å². The summed E-state index contributed by atoms with van der Waals surface area (Å²) in [6, 6.07) is 18.7. The molecule has 2 aromatic rings. The molecule has 27 heavy (non-hydrogen) atoms. The minimum Gasteiger partial charge on any atom is -0.375 e. The predicted molar refractivity (Wildman–Crippen MR) is 109 cm³/mol. The smallest absolute Gasteiger partial charge is 0.193 e. The molecule has 1 N–H and O–H groups in total. The largest absolute Gasteiger partial charge is 0.375 e. The van der Waals surface area contributed by atoms with Crippen LogP contribution in [0.3, 0.4) is 0 Å². The van der Waals surface area contributed by atoms with E-state index >= 15 is 0 Å². The van der Waals surface area contributed by atoms with Gasteiger partial charge in [-0.2, -0.15) is 0 Å². The number of aliphatic imine (C=N–C) groups is 1. The van der Waals surface area contributed by atoms with Crippen LogP contribution in [0.2, 0.25) is 0 Å². The lowest BCUT2D eigenvalue weighted by molar-refractivity contribution is -0.00862. The molecule has 0 amide bonds. The van der Waals surface area contributed by atoms with Gasteiger partial charge in [0.2, 0.25) is 0 Å². The zero-order chi connectivity index (χ0) is 19.1. The van der Waals surface area contributed by atoms with Gasteiger partial charge in [0.15, 0.2) is 5.96 Å². The second kappa shape index (κ2) is 9.53. The van der Waals surface area contributed by atoms with Crippen molar-refractivity contribution in [1.82, 2.24) is 10.2 Å². The summed E-state index contributed by atoms with van der Waals surface area (Å²) in [5.74, 6) is 0.884. The normalized spacial score (nSPS) is 19.0. The van der Waals surface area contributed by atoms with E-state index in [4.69, 9.17) is 9.47 Å². The first-order valence-corrected chi connectivity index (χ1v) is 9.43. The molecule has 1 heterocycles. The van der Waals surface area contributed by atoms with E-state index in [2.05, 4.69) is 58.5 Å². The standard InChI is InChI=1S/C22H29N3O2/c1-17-9-7-8-12-19(17)21-16-25(13-14-27-21)22(23-2)24-15-20(26-3)18-10-5-4-6-11-18/h4-12,20-21H,13-16H2,1-3H3,(H,23,24). The molecule has 1 saturated heterocycles. The molecule has 2 aromatic carbocycles. The van der Waals surface area contributed by atoms with Gasteiger partial charge in [-0.3, -0.25) is 4.99 Å². The van der Waals surface area contributed by atoms with Crippen LogP contribution < -0.4 is 5.32 Å². The van der Waals surface area contributed by atoms with E-state index in [1.807, 2.05) is 25.2 Å². The monoisotopic (exact) mass is 367 g/mol. The van der Waals surface area contributed by atoms with Gasteiger partial charge in [-0.15, -0.1) is 0 Å². The number of nitrogens with zero attached hydrogens (tertiary/aromatic N) is 2. The number of morpholine rings is 1. The van der Waals surface area contributed by atoms with Crippen molar-refractivity contribution >= 4 is 5.96 Å². The molecule has 2 atom stereocenters. The SMILES string of the molecule is CN=C(NCC(OC)c1ccccc1)N1CCOC(c2ccccc2C)C1. The third-order valence-corrected chi connectivity index (χ3v) is 5.01. The van der Waals surface area contributed by atoms with Crippen molar-refractivity contribution in [3.63, 3.8) is 0 Å². The van der Waals surface area contributed by atoms with Crippen LogP contribution in [0, 0.1) is 6.92 Å². The van der Waals surface area contributed by atoms with E-state index in [0.717, 1.165) is 24.6 Å². The van der Waals surface area contributed by atoms with Gasteiger partial charge in [0.05, 0.1) is 19.3 Å². The fourth-order valence-corrected chi connectivity index (χ4v) is 3.50. The molecule has 1 fully saturated rings. The van der Waals surface area contributed by atoms with Crippen molar-refractivity contribution in [2.45, 2.75) is 19.1 Å². The lowest BCUT2D eigenvalue weighted by Crippen LogP contribution is -2.49. The molecular weight excluding hydrogens is 338 g/mol. The Hall–Kier alpha value is -2.37. The Bertz CT molecular complexity index is 748. The quantitative estimate of drug-likeness (QED) is 0.650. The second-order valence-corrected chi connectivity index (χ2v) is 6.73. The average molecular weight is 367 g/mol. The maximum atomic E-state index is 6.04. The number of guanidine groups is 1. The Morgan fingerprint density at radius 1 is 1.22 bits per heavy atom. The number of nitrogens with one attached hydrogen (secondary N) is 1. The Morgan fingerprint density at radius 2 is 1.96 bits per heavy atom. The summed E-state index contributed by atoms with van der Waals surface area (Å²) in [5, 5.41) is 3.47. The highest BCUT2D eigenvalue weighted by atomic mass is 16.5. The number of rotatable bonds is 5. The molecule has 0 radical (unpaired) electrons. The summed E-state index contributed by atoms with van der Waals surface area (Å²) in [6.07, 6.45) is 0.0435. The van der Waals surface area contributed by atoms with Gasteiger partial charge >= 0.3 is 0 Å². The van der Waals surface area contributed by atoms with Crippen molar-refractivity contribution in [3.8, 4) is 0 Å². The van der Waals surface area contributed by atoms with E-state index in [1.165, 1.54) is 11.1 Å². The van der Waals surface area contributed by atoms with Crippen molar-refractivity contribution in [2.24, 2.45) is 4.99 Å². The number of hydrogen-bond donors (Lipinski definition) is 1. The molecule has 5 nitrogen and oxygen atoms in total. The van der Waals surface area contributed by atoms with Gasteiger partial charge in [-0.1, -0.05) is 54.6 Å². The first kappa shape index (κ1) is 19.4. The molecule has 1 aliphatic heterocycles.